The molecule has 0 bridgehead atoms. The van der Waals surface area contributed by atoms with Crippen molar-refractivity contribution in [3.63, 3.8) is 0 Å². The predicted molar refractivity (Wildman–Crippen MR) is 58.7 cm³/mol. The van der Waals surface area contributed by atoms with Crippen LogP contribution in [-0.4, -0.2) is 19.7 Å². The van der Waals surface area contributed by atoms with Gasteiger partial charge in [-0.2, -0.15) is 0 Å². The third-order valence-electron chi connectivity index (χ3n) is 1.75. The molecule has 0 saturated carbocycles. The molecule has 14 heavy (non-hydrogen) atoms. The van der Waals surface area contributed by atoms with E-state index in [9.17, 15) is 8.42 Å². The van der Waals surface area contributed by atoms with Crippen molar-refractivity contribution >= 4 is 21.2 Å². The van der Waals surface area contributed by atoms with Crippen LogP contribution in [0.2, 0.25) is 0 Å². The van der Waals surface area contributed by atoms with Crippen molar-refractivity contribution in [2.45, 2.75) is 37.3 Å². The Kier molecular flexibility index (Phi) is 2.75. The second-order valence-corrected chi connectivity index (χ2v) is 7.81. The average molecular weight is 233 g/mol. The molecule has 0 spiro atoms. The molecule has 0 atom stereocenters. The molecule has 80 valence electrons. The molecule has 1 rings (SSSR count). The molecule has 0 unspecified atom stereocenters. The van der Waals surface area contributed by atoms with Crippen LogP contribution in [0.1, 0.15) is 31.5 Å². The van der Waals surface area contributed by atoms with Crippen LogP contribution in [0, 0.1) is 6.92 Å². The molecule has 3 nitrogen and oxygen atoms in total. The van der Waals surface area contributed by atoms with Gasteiger partial charge in [0, 0.05) is 11.7 Å². The molecule has 0 aliphatic rings. The normalized spacial score (nSPS) is 13.2. The monoisotopic (exact) mass is 233 g/mol. The van der Waals surface area contributed by atoms with E-state index >= 15 is 0 Å². The smallest absolute Gasteiger partial charge is 0.186 e. The van der Waals surface area contributed by atoms with Crippen LogP contribution in [0.25, 0.3) is 0 Å². The topological polar surface area (TPSA) is 47.0 Å². The zero-order valence-electron chi connectivity index (χ0n) is 9.08. The molecule has 0 aromatic carbocycles. The first-order valence-corrected chi connectivity index (χ1v) is 7.01. The number of hydrogen-bond acceptors (Lipinski definition) is 4. The minimum atomic E-state index is -3.14. The molecule has 0 saturated heterocycles. The third kappa shape index (κ3) is 2.33. The van der Waals surface area contributed by atoms with Gasteiger partial charge >= 0.3 is 0 Å². The van der Waals surface area contributed by atoms with Crippen molar-refractivity contribution in [3.8, 4) is 0 Å². The number of aryl methyl sites for hydroxylation is 1. The maximum absolute atomic E-state index is 11.5. The Morgan fingerprint density at radius 3 is 2.07 bits per heavy atom. The third-order valence-corrected chi connectivity index (χ3v) is 4.54. The highest BCUT2D eigenvalue weighted by atomic mass is 32.2. The molecule has 0 radical (unpaired) electrons. The van der Waals surface area contributed by atoms with Gasteiger partial charge in [0.15, 0.2) is 9.84 Å². The fourth-order valence-corrected chi connectivity index (χ4v) is 3.66. The number of sulfone groups is 1. The summed E-state index contributed by atoms with van der Waals surface area (Å²) in [5, 5.41) is 0.801. The van der Waals surface area contributed by atoms with Gasteiger partial charge in [-0.3, -0.25) is 0 Å². The van der Waals surface area contributed by atoms with Crippen LogP contribution in [0.15, 0.2) is 4.21 Å². The minimum absolute atomic E-state index is 0.219. The number of aromatic nitrogens is 1. The minimum Gasteiger partial charge on any atom is -0.245 e. The summed E-state index contributed by atoms with van der Waals surface area (Å²) >= 11 is 1.25. The SMILES string of the molecule is Cc1nc(C(C)(C)C)c(S(C)(=O)=O)s1. The van der Waals surface area contributed by atoms with Crippen LogP contribution in [0.3, 0.4) is 0 Å². The average Bonchev–Trinajstić information content (AvgIpc) is 2.27. The van der Waals surface area contributed by atoms with Gasteiger partial charge in [-0.25, -0.2) is 13.4 Å². The number of thiazole rings is 1. The fourth-order valence-electron chi connectivity index (χ4n) is 1.13. The summed E-state index contributed by atoms with van der Waals surface area (Å²) in [4.78, 5) is 4.29. The number of rotatable bonds is 1. The maximum atomic E-state index is 11.5. The molecule has 0 N–H and O–H groups in total. The predicted octanol–water partition coefficient (Wildman–Crippen LogP) is 2.15. The molecule has 0 amide bonds. The standard InChI is InChI=1S/C9H15NO2S2/c1-6-10-7(9(2,3)4)8(13-6)14(5,11)12/h1-5H3. The molecular formula is C9H15NO2S2. The second kappa shape index (κ2) is 3.31. The highest BCUT2D eigenvalue weighted by Gasteiger charge is 2.27. The summed E-state index contributed by atoms with van der Waals surface area (Å²) in [6, 6.07) is 0. The van der Waals surface area contributed by atoms with E-state index in [4.69, 9.17) is 0 Å². The Labute approximate surface area is 89.1 Å². The lowest BCUT2D eigenvalue weighted by atomic mass is 9.93. The van der Waals surface area contributed by atoms with Crippen LogP contribution in [0.4, 0.5) is 0 Å². The van der Waals surface area contributed by atoms with Gasteiger partial charge in [0.25, 0.3) is 0 Å². The Morgan fingerprint density at radius 2 is 1.79 bits per heavy atom. The van der Waals surface area contributed by atoms with Crippen molar-refractivity contribution in [1.82, 2.24) is 4.98 Å². The second-order valence-electron chi connectivity index (χ2n) is 4.39. The van der Waals surface area contributed by atoms with Crippen molar-refractivity contribution < 1.29 is 8.42 Å². The van der Waals surface area contributed by atoms with Gasteiger partial charge in [0.2, 0.25) is 0 Å². The van der Waals surface area contributed by atoms with Crippen LogP contribution >= 0.6 is 11.3 Å². The summed E-state index contributed by atoms with van der Waals surface area (Å²) in [5.74, 6) is 0. The summed E-state index contributed by atoms with van der Waals surface area (Å²) < 4.78 is 23.4. The first-order chi connectivity index (χ1) is 6.12. The number of nitrogens with zero attached hydrogens (tertiary/aromatic N) is 1. The molecule has 1 aromatic rings. The van der Waals surface area contributed by atoms with Gasteiger partial charge in [-0.1, -0.05) is 20.8 Å². The highest BCUT2D eigenvalue weighted by molar-refractivity contribution is 7.92. The zero-order chi connectivity index (χ0) is 11.1. The van der Waals surface area contributed by atoms with E-state index in [0.29, 0.717) is 9.90 Å². The molecule has 0 aliphatic carbocycles. The molecule has 1 heterocycles. The first kappa shape index (κ1) is 11.7. The summed E-state index contributed by atoms with van der Waals surface area (Å²) in [7, 11) is -3.14. The number of hydrogen-bond donors (Lipinski definition) is 0. The lowest BCUT2D eigenvalue weighted by Crippen LogP contribution is -2.15. The largest absolute Gasteiger partial charge is 0.245 e. The molecule has 0 aliphatic heterocycles. The fraction of sp³-hybridized carbons (Fsp3) is 0.667. The van der Waals surface area contributed by atoms with Crippen LogP contribution in [-0.2, 0) is 15.3 Å². The molecule has 5 heteroatoms. The molecule has 1 aromatic heterocycles. The van der Waals surface area contributed by atoms with Crippen LogP contribution in [0.5, 0.6) is 0 Å². The van der Waals surface area contributed by atoms with E-state index in [2.05, 4.69) is 4.98 Å². The van der Waals surface area contributed by atoms with Crippen molar-refractivity contribution in [2.75, 3.05) is 6.26 Å². The first-order valence-electron chi connectivity index (χ1n) is 4.30. The van der Waals surface area contributed by atoms with E-state index < -0.39 is 9.84 Å². The Hall–Kier alpha value is -0.420. The summed E-state index contributed by atoms with van der Waals surface area (Å²) in [6.45, 7) is 7.73. The summed E-state index contributed by atoms with van der Waals surface area (Å²) in [5.41, 5.74) is 0.464. The van der Waals surface area contributed by atoms with E-state index in [1.807, 2.05) is 27.7 Å². The Bertz CT molecular complexity index is 438. The maximum Gasteiger partial charge on any atom is 0.186 e. The van der Waals surface area contributed by atoms with Crippen molar-refractivity contribution in [1.29, 1.82) is 0 Å². The van der Waals surface area contributed by atoms with Gasteiger partial charge in [0.1, 0.15) is 4.21 Å². The van der Waals surface area contributed by atoms with E-state index in [1.165, 1.54) is 17.6 Å². The van der Waals surface area contributed by atoms with Gasteiger partial charge < -0.3 is 0 Å². The highest BCUT2D eigenvalue weighted by Crippen LogP contribution is 2.32. The van der Waals surface area contributed by atoms with E-state index in [0.717, 1.165) is 5.01 Å². The quantitative estimate of drug-likeness (QED) is 0.746. The molecular weight excluding hydrogens is 218 g/mol. The summed E-state index contributed by atoms with van der Waals surface area (Å²) in [6.07, 6.45) is 1.23. The van der Waals surface area contributed by atoms with E-state index in [-0.39, 0.29) is 5.41 Å². The van der Waals surface area contributed by atoms with Crippen LogP contribution < -0.4 is 0 Å². The van der Waals surface area contributed by atoms with Gasteiger partial charge in [-0.05, 0) is 6.92 Å². The van der Waals surface area contributed by atoms with Crippen molar-refractivity contribution in [2.24, 2.45) is 0 Å². The zero-order valence-corrected chi connectivity index (χ0v) is 10.7. The Balaban J connectivity index is 3.46. The van der Waals surface area contributed by atoms with Gasteiger partial charge in [0.05, 0.1) is 10.7 Å². The lowest BCUT2D eigenvalue weighted by Gasteiger charge is -2.16. The molecule has 0 fully saturated rings. The van der Waals surface area contributed by atoms with Gasteiger partial charge in [-0.15, -0.1) is 11.3 Å². The lowest BCUT2D eigenvalue weighted by molar-refractivity contribution is 0.552. The Morgan fingerprint density at radius 1 is 1.29 bits per heavy atom. The van der Waals surface area contributed by atoms with E-state index in [1.54, 1.807) is 0 Å². The van der Waals surface area contributed by atoms with Crippen molar-refractivity contribution in [3.05, 3.63) is 10.7 Å².